The van der Waals surface area contributed by atoms with Crippen LogP contribution >= 0.6 is 0 Å². The van der Waals surface area contributed by atoms with E-state index in [1.165, 1.54) is 0 Å². The van der Waals surface area contributed by atoms with E-state index in [0.717, 1.165) is 54.2 Å². The molecule has 0 saturated carbocycles. The van der Waals surface area contributed by atoms with Gasteiger partial charge in [0, 0.05) is 25.1 Å². The molecule has 124 valence electrons. The van der Waals surface area contributed by atoms with E-state index in [0.29, 0.717) is 12.2 Å². The lowest BCUT2D eigenvalue weighted by Gasteiger charge is -2.23. The number of nitrogens with zero attached hydrogens (tertiary/aromatic N) is 6. The largest absolute Gasteiger partial charge is 0.368 e. The van der Waals surface area contributed by atoms with Crippen LogP contribution in [0.25, 0.3) is 5.65 Å². The highest BCUT2D eigenvalue weighted by molar-refractivity contribution is 5.68. The lowest BCUT2D eigenvalue weighted by molar-refractivity contribution is 0.785. The molecule has 0 spiro atoms. The molecule has 0 unspecified atom stereocenters. The zero-order valence-electron chi connectivity index (χ0n) is 13.8. The Bertz CT molecular complexity index is 959. The molecule has 0 bridgehead atoms. The fourth-order valence-corrected chi connectivity index (χ4v) is 3.24. The van der Waals surface area contributed by atoms with Crippen molar-refractivity contribution in [3.63, 3.8) is 0 Å². The van der Waals surface area contributed by atoms with Crippen LogP contribution in [-0.2, 0) is 19.3 Å². The van der Waals surface area contributed by atoms with Crippen molar-refractivity contribution in [3.8, 4) is 0 Å². The van der Waals surface area contributed by atoms with Gasteiger partial charge in [-0.1, -0.05) is 6.92 Å². The summed E-state index contributed by atoms with van der Waals surface area (Å²) in [6, 6.07) is 2.07. The number of aromatic amines is 1. The van der Waals surface area contributed by atoms with Crippen LogP contribution in [0.5, 0.6) is 0 Å². The highest BCUT2D eigenvalue weighted by atomic mass is 16.1. The van der Waals surface area contributed by atoms with Crippen molar-refractivity contribution >= 4 is 11.3 Å². The first-order chi connectivity index (χ1) is 11.7. The van der Waals surface area contributed by atoms with Gasteiger partial charge in [0.05, 0.1) is 17.1 Å². The zero-order chi connectivity index (χ0) is 16.7. The molecular weight excluding hydrogens is 306 g/mol. The summed E-state index contributed by atoms with van der Waals surface area (Å²) in [5.74, 6) is 0.671. The molecule has 24 heavy (non-hydrogen) atoms. The summed E-state index contributed by atoms with van der Waals surface area (Å²) >= 11 is 0. The lowest BCUT2D eigenvalue weighted by atomic mass is 10.1. The number of nitrogens with one attached hydrogen (secondary N) is 1. The normalized spacial score (nSPS) is 14.7. The topological polar surface area (TPSA) is 92.1 Å². The van der Waals surface area contributed by atoms with Gasteiger partial charge >= 0.3 is 0 Å². The van der Waals surface area contributed by atoms with Gasteiger partial charge in [-0.2, -0.15) is 9.61 Å². The summed E-state index contributed by atoms with van der Waals surface area (Å²) in [6.45, 7) is 5.43. The fourth-order valence-electron chi connectivity index (χ4n) is 3.24. The minimum atomic E-state index is -0.0176. The van der Waals surface area contributed by atoms with Gasteiger partial charge in [0.1, 0.15) is 12.2 Å². The van der Waals surface area contributed by atoms with Crippen LogP contribution in [0.1, 0.15) is 29.7 Å². The number of anilines is 1. The smallest absolute Gasteiger partial charge is 0.254 e. The summed E-state index contributed by atoms with van der Waals surface area (Å²) in [7, 11) is 0. The van der Waals surface area contributed by atoms with Gasteiger partial charge in [-0.05, 0) is 25.8 Å². The Balaban J connectivity index is 1.74. The Kier molecular flexibility index (Phi) is 3.51. The van der Waals surface area contributed by atoms with Gasteiger partial charge in [-0.3, -0.25) is 4.79 Å². The molecular formula is C16H19N7O. The van der Waals surface area contributed by atoms with Crippen LogP contribution in [0.2, 0.25) is 0 Å². The molecule has 0 aliphatic carbocycles. The second-order valence-electron chi connectivity index (χ2n) is 6.04. The van der Waals surface area contributed by atoms with Crippen LogP contribution in [0.4, 0.5) is 5.69 Å². The van der Waals surface area contributed by atoms with Gasteiger partial charge in [-0.25, -0.2) is 4.98 Å². The Morgan fingerprint density at radius 1 is 1.29 bits per heavy atom. The van der Waals surface area contributed by atoms with Crippen molar-refractivity contribution in [1.29, 1.82) is 0 Å². The second-order valence-corrected chi connectivity index (χ2v) is 6.04. The molecule has 0 fully saturated rings. The van der Waals surface area contributed by atoms with Crippen LogP contribution in [0.15, 0.2) is 17.2 Å². The fraction of sp³-hybridized carbons (Fsp3) is 0.438. The maximum absolute atomic E-state index is 12.2. The lowest BCUT2D eigenvalue weighted by Crippen LogP contribution is -2.27. The minimum absolute atomic E-state index is 0.0176. The molecule has 0 radical (unpaired) electrons. The summed E-state index contributed by atoms with van der Waals surface area (Å²) in [5.41, 5.74) is 4.43. The molecule has 3 aromatic rings. The Hall–Kier alpha value is -2.77. The summed E-state index contributed by atoms with van der Waals surface area (Å²) < 4.78 is 1.72. The van der Waals surface area contributed by atoms with Crippen LogP contribution < -0.4 is 10.5 Å². The summed E-state index contributed by atoms with van der Waals surface area (Å²) in [5, 5.41) is 12.7. The predicted molar refractivity (Wildman–Crippen MR) is 89.4 cm³/mol. The van der Waals surface area contributed by atoms with Crippen molar-refractivity contribution in [2.24, 2.45) is 0 Å². The molecule has 0 atom stereocenters. The van der Waals surface area contributed by atoms with Gasteiger partial charge in [0.15, 0.2) is 0 Å². The van der Waals surface area contributed by atoms with Crippen molar-refractivity contribution in [1.82, 2.24) is 29.8 Å². The first-order valence-corrected chi connectivity index (χ1v) is 8.19. The molecule has 0 amide bonds. The summed E-state index contributed by atoms with van der Waals surface area (Å²) in [6.07, 6.45) is 3.88. The quantitative estimate of drug-likeness (QED) is 0.745. The predicted octanol–water partition coefficient (Wildman–Crippen LogP) is 0.684. The highest BCUT2D eigenvalue weighted by Gasteiger charge is 2.21. The van der Waals surface area contributed by atoms with E-state index in [1.807, 2.05) is 6.92 Å². The number of aryl methyl sites for hydroxylation is 2. The molecule has 0 aromatic carbocycles. The molecule has 4 rings (SSSR count). The SMILES string of the molecule is CCc1cc(N2CCc3nc(C)[nH]c(=O)c3CC2)c2nncn2n1. The van der Waals surface area contributed by atoms with Crippen LogP contribution in [-0.4, -0.2) is 42.9 Å². The molecule has 1 N–H and O–H groups in total. The molecule has 1 aliphatic rings. The summed E-state index contributed by atoms with van der Waals surface area (Å²) in [4.78, 5) is 21.8. The van der Waals surface area contributed by atoms with E-state index in [4.69, 9.17) is 0 Å². The monoisotopic (exact) mass is 325 g/mol. The van der Waals surface area contributed by atoms with Crippen molar-refractivity contribution < 1.29 is 0 Å². The second kappa shape index (κ2) is 5.70. The first-order valence-electron chi connectivity index (χ1n) is 8.19. The van der Waals surface area contributed by atoms with E-state index < -0.39 is 0 Å². The van der Waals surface area contributed by atoms with Gasteiger partial charge in [0.25, 0.3) is 5.56 Å². The number of hydrogen-bond acceptors (Lipinski definition) is 6. The minimum Gasteiger partial charge on any atom is -0.368 e. The Morgan fingerprint density at radius 3 is 2.96 bits per heavy atom. The molecule has 8 nitrogen and oxygen atoms in total. The number of hydrogen-bond donors (Lipinski definition) is 1. The van der Waals surface area contributed by atoms with Crippen molar-refractivity contribution in [2.75, 3.05) is 18.0 Å². The molecule has 0 saturated heterocycles. The van der Waals surface area contributed by atoms with Crippen LogP contribution in [0.3, 0.4) is 0 Å². The standard InChI is InChI=1S/C16H19N7O/c1-3-11-8-14(15-20-17-9-23(15)21-11)22-6-4-12-13(5-7-22)18-10(2)19-16(12)24/h8-9H,3-7H2,1-2H3,(H,18,19,24). The van der Waals surface area contributed by atoms with E-state index in [-0.39, 0.29) is 5.56 Å². The van der Waals surface area contributed by atoms with Gasteiger partial charge < -0.3 is 9.88 Å². The number of H-pyrrole nitrogens is 1. The van der Waals surface area contributed by atoms with Gasteiger partial charge in [0.2, 0.25) is 5.65 Å². The Labute approximate surface area is 138 Å². The molecule has 8 heteroatoms. The number of aromatic nitrogens is 6. The Morgan fingerprint density at radius 2 is 2.12 bits per heavy atom. The first kappa shape index (κ1) is 14.8. The van der Waals surface area contributed by atoms with Crippen LogP contribution in [0, 0.1) is 6.92 Å². The molecule has 4 heterocycles. The third-order valence-corrected chi connectivity index (χ3v) is 4.47. The van der Waals surface area contributed by atoms with Crippen molar-refractivity contribution in [2.45, 2.75) is 33.1 Å². The van der Waals surface area contributed by atoms with E-state index in [9.17, 15) is 4.79 Å². The maximum atomic E-state index is 12.2. The molecule has 3 aromatic heterocycles. The van der Waals surface area contributed by atoms with E-state index in [2.05, 4.69) is 43.2 Å². The zero-order valence-corrected chi connectivity index (χ0v) is 13.8. The molecule has 1 aliphatic heterocycles. The number of rotatable bonds is 2. The third-order valence-electron chi connectivity index (χ3n) is 4.47. The average Bonchev–Trinajstić information content (AvgIpc) is 2.93. The number of fused-ring (bicyclic) bond motifs is 2. The van der Waals surface area contributed by atoms with Crippen molar-refractivity contribution in [3.05, 3.63) is 45.5 Å². The third kappa shape index (κ3) is 2.44. The highest BCUT2D eigenvalue weighted by Crippen LogP contribution is 2.23. The average molecular weight is 325 g/mol. The van der Waals surface area contributed by atoms with Gasteiger partial charge in [-0.15, -0.1) is 10.2 Å². The van der Waals surface area contributed by atoms with E-state index in [1.54, 1.807) is 10.8 Å². The maximum Gasteiger partial charge on any atom is 0.254 e. The van der Waals surface area contributed by atoms with E-state index >= 15 is 0 Å².